The van der Waals surface area contributed by atoms with E-state index in [4.69, 9.17) is 9.72 Å². The maximum atomic E-state index is 13.4. The van der Waals surface area contributed by atoms with E-state index in [1.807, 2.05) is 66.6 Å². The molecule has 0 bridgehead atoms. The highest BCUT2D eigenvalue weighted by Crippen LogP contribution is 2.28. The van der Waals surface area contributed by atoms with Gasteiger partial charge in [0.25, 0.3) is 0 Å². The molecule has 1 amide bonds. The molecule has 0 saturated heterocycles. The van der Waals surface area contributed by atoms with Gasteiger partial charge in [0.2, 0.25) is 5.91 Å². The minimum atomic E-state index is -0.550. The topological polar surface area (TPSA) is 64.4 Å². The number of fused-ring (bicyclic) bond motifs is 1. The summed E-state index contributed by atoms with van der Waals surface area (Å²) in [6, 6.07) is 28.8. The fraction of sp³-hybridized carbons (Fsp3) is 0.400. The number of unbranched alkanes of at least 4 members (excludes halogenated alkanes) is 1. The first-order chi connectivity index (χ1) is 20.2. The zero-order chi connectivity index (χ0) is 30.0. The number of carbonyl (C=O) groups excluding carboxylic acids is 2. The Labute approximate surface area is 254 Å². The lowest BCUT2D eigenvalue weighted by atomic mass is 9.90. The number of thioether (sulfide) groups is 1. The second-order valence-corrected chi connectivity index (χ2v) is 12.6. The van der Waals surface area contributed by atoms with Crippen LogP contribution in [0.15, 0.2) is 90.1 Å². The minimum Gasteiger partial charge on any atom is -0.459 e. The van der Waals surface area contributed by atoms with Crippen molar-refractivity contribution in [2.24, 2.45) is 0 Å². The molecule has 0 fully saturated rings. The summed E-state index contributed by atoms with van der Waals surface area (Å²) in [7, 11) is 0. The molecule has 0 N–H and O–H groups in total. The van der Waals surface area contributed by atoms with Crippen molar-refractivity contribution in [2.45, 2.75) is 76.6 Å². The molecule has 1 aromatic heterocycles. The molecule has 7 heteroatoms. The standard InChI is InChI=1S/C35H43N3O3S/c1-5-6-22-32(39)37(25-29(27-16-9-7-10-17-27)28-18-11-8-12-19-28)23-15-24-42-34-36-30-20-13-14-21-31(30)38(34)26-33(40)41-35(2,3)4/h7-14,16-21,29H,5-6,15,22-26H2,1-4H3. The number of esters is 1. The van der Waals surface area contributed by atoms with E-state index in [0.717, 1.165) is 41.2 Å². The number of benzene rings is 3. The number of aromatic nitrogens is 2. The first-order valence-corrected chi connectivity index (χ1v) is 15.9. The van der Waals surface area contributed by atoms with Crippen LogP contribution in [-0.4, -0.2) is 50.8 Å². The summed E-state index contributed by atoms with van der Waals surface area (Å²) in [6.45, 7) is 9.16. The van der Waals surface area contributed by atoms with Gasteiger partial charge in [-0.25, -0.2) is 4.98 Å². The SMILES string of the molecule is CCCCC(=O)N(CCCSc1nc2ccccc2n1CC(=O)OC(C)(C)C)CC(c1ccccc1)c1ccccc1. The number of rotatable bonds is 14. The smallest absolute Gasteiger partial charge is 0.326 e. The molecular formula is C35H43N3O3S. The third-order valence-electron chi connectivity index (χ3n) is 7.03. The van der Waals surface area contributed by atoms with E-state index in [0.29, 0.717) is 19.5 Å². The Kier molecular flexibility index (Phi) is 11.2. The van der Waals surface area contributed by atoms with Gasteiger partial charge in [0.1, 0.15) is 12.1 Å². The van der Waals surface area contributed by atoms with E-state index in [1.165, 1.54) is 11.1 Å². The van der Waals surface area contributed by atoms with Crippen molar-refractivity contribution in [1.82, 2.24) is 14.5 Å². The quantitative estimate of drug-likeness (QED) is 0.0862. The molecule has 3 aromatic carbocycles. The molecule has 0 spiro atoms. The fourth-order valence-electron chi connectivity index (χ4n) is 5.04. The summed E-state index contributed by atoms with van der Waals surface area (Å²) in [5.74, 6) is 0.795. The Balaban J connectivity index is 1.48. The number of nitrogens with zero attached hydrogens (tertiary/aromatic N) is 3. The van der Waals surface area contributed by atoms with E-state index in [9.17, 15) is 9.59 Å². The van der Waals surface area contributed by atoms with Crippen molar-refractivity contribution in [2.75, 3.05) is 18.8 Å². The molecule has 0 aliphatic heterocycles. The summed E-state index contributed by atoms with van der Waals surface area (Å²) in [5.41, 5.74) is 3.64. The van der Waals surface area contributed by atoms with Gasteiger partial charge < -0.3 is 14.2 Å². The molecule has 6 nitrogen and oxygen atoms in total. The molecule has 0 radical (unpaired) electrons. The second kappa shape index (κ2) is 15.1. The van der Waals surface area contributed by atoms with E-state index >= 15 is 0 Å². The molecule has 42 heavy (non-hydrogen) atoms. The Morgan fingerprint density at radius 1 is 0.905 bits per heavy atom. The van der Waals surface area contributed by atoms with Gasteiger partial charge in [-0.15, -0.1) is 0 Å². The average molecular weight is 586 g/mol. The van der Waals surface area contributed by atoms with Crippen LogP contribution in [0.5, 0.6) is 0 Å². The van der Waals surface area contributed by atoms with Crippen LogP contribution < -0.4 is 0 Å². The summed E-state index contributed by atoms with van der Waals surface area (Å²) < 4.78 is 7.54. The molecule has 4 rings (SSSR count). The lowest BCUT2D eigenvalue weighted by molar-refractivity contribution is -0.155. The lowest BCUT2D eigenvalue weighted by Crippen LogP contribution is -2.36. The molecule has 222 valence electrons. The predicted octanol–water partition coefficient (Wildman–Crippen LogP) is 7.71. The number of hydrogen-bond acceptors (Lipinski definition) is 5. The van der Waals surface area contributed by atoms with Gasteiger partial charge >= 0.3 is 5.97 Å². The fourth-order valence-corrected chi connectivity index (χ4v) is 5.97. The molecule has 0 aliphatic rings. The van der Waals surface area contributed by atoms with Gasteiger partial charge in [0.15, 0.2) is 5.16 Å². The maximum absolute atomic E-state index is 13.4. The first kappa shape index (κ1) is 31.4. The number of para-hydroxylation sites is 2. The molecule has 0 unspecified atom stereocenters. The number of carbonyl (C=O) groups is 2. The van der Waals surface area contributed by atoms with Crippen LogP contribution >= 0.6 is 11.8 Å². The highest BCUT2D eigenvalue weighted by molar-refractivity contribution is 7.99. The minimum absolute atomic E-state index is 0.101. The van der Waals surface area contributed by atoms with Crippen LogP contribution in [0.1, 0.15) is 70.4 Å². The van der Waals surface area contributed by atoms with Gasteiger partial charge in [-0.2, -0.15) is 0 Å². The number of amides is 1. The van der Waals surface area contributed by atoms with Crippen LogP contribution in [0.3, 0.4) is 0 Å². The first-order valence-electron chi connectivity index (χ1n) is 14.9. The highest BCUT2D eigenvalue weighted by Gasteiger charge is 2.23. The molecule has 4 aromatic rings. The Hall–Kier alpha value is -3.58. The van der Waals surface area contributed by atoms with Gasteiger partial charge in [-0.3, -0.25) is 9.59 Å². The van der Waals surface area contributed by atoms with E-state index < -0.39 is 5.60 Å². The molecular weight excluding hydrogens is 542 g/mol. The summed E-state index contributed by atoms with van der Waals surface area (Å²) in [4.78, 5) is 33.0. The van der Waals surface area contributed by atoms with Crippen molar-refractivity contribution in [3.63, 3.8) is 0 Å². The van der Waals surface area contributed by atoms with Gasteiger partial charge in [-0.1, -0.05) is 97.9 Å². The zero-order valence-electron chi connectivity index (χ0n) is 25.3. The van der Waals surface area contributed by atoms with Crippen molar-refractivity contribution in [3.05, 3.63) is 96.1 Å². The van der Waals surface area contributed by atoms with Gasteiger partial charge in [0, 0.05) is 31.2 Å². The van der Waals surface area contributed by atoms with Crippen molar-refractivity contribution in [1.29, 1.82) is 0 Å². The van der Waals surface area contributed by atoms with Crippen LogP contribution in [0.4, 0.5) is 0 Å². The third-order valence-corrected chi connectivity index (χ3v) is 8.10. The average Bonchev–Trinajstić information content (AvgIpc) is 3.32. The Bertz CT molecular complexity index is 1390. The summed E-state index contributed by atoms with van der Waals surface area (Å²) in [6.07, 6.45) is 3.25. The van der Waals surface area contributed by atoms with Gasteiger partial charge in [0.05, 0.1) is 11.0 Å². The van der Waals surface area contributed by atoms with Gasteiger partial charge in [-0.05, 0) is 56.9 Å². The monoisotopic (exact) mass is 585 g/mol. The van der Waals surface area contributed by atoms with E-state index in [2.05, 4.69) is 55.5 Å². The Morgan fingerprint density at radius 2 is 1.52 bits per heavy atom. The lowest BCUT2D eigenvalue weighted by Gasteiger charge is -2.29. The zero-order valence-corrected chi connectivity index (χ0v) is 26.1. The predicted molar refractivity (Wildman–Crippen MR) is 172 cm³/mol. The summed E-state index contributed by atoms with van der Waals surface area (Å²) >= 11 is 1.62. The highest BCUT2D eigenvalue weighted by atomic mass is 32.2. The van der Waals surface area contributed by atoms with Crippen molar-refractivity contribution < 1.29 is 14.3 Å². The number of hydrogen-bond donors (Lipinski definition) is 0. The van der Waals surface area contributed by atoms with Crippen molar-refractivity contribution in [3.8, 4) is 0 Å². The van der Waals surface area contributed by atoms with Crippen LogP contribution in [0.2, 0.25) is 0 Å². The van der Waals surface area contributed by atoms with E-state index in [1.54, 1.807) is 11.8 Å². The molecule has 0 saturated carbocycles. The Morgan fingerprint density at radius 3 is 2.14 bits per heavy atom. The molecule has 0 aliphatic carbocycles. The van der Waals surface area contributed by atoms with E-state index in [-0.39, 0.29) is 24.3 Å². The third kappa shape index (κ3) is 8.96. The van der Waals surface area contributed by atoms with Crippen molar-refractivity contribution >= 4 is 34.7 Å². The normalized spacial score (nSPS) is 11.6. The summed E-state index contributed by atoms with van der Waals surface area (Å²) in [5, 5.41) is 0.789. The number of ether oxygens (including phenoxy) is 1. The second-order valence-electron chi connectivity index (χ2n) is 11.6. The molecule has 0 atom stereocenters. The van der Waals surface area contributed by atoms with Crippen LogP contribution in [0, 0.1) is 0 Å². The van der Waals surface area contributed by atoms with Crippen LogP contribution in [0.25, 0.3) is 11.0 Å². The maximum Gasteiger partial charge on any atom is 0.326 e. The largest absolute Gasteiger partial charge is 0.459 e. The number of imidazole rings is 1. The molecule has 1 heterocycles. The van der Waals surface area contributed by atoms with Crippen LogP contribution in [-0.2, 0) is 20.9 Å².